The summed E-state index contributed by atoms with van der Waals surface area (Å²) in [7, 11) is 0. The van der Waals surface area contributed by atoms with Crippen LogP contribution in [0.2, 0.25) is 0 Å². The number of carbonyl (C=O) groups is 2. The van der Waals surface area contributed by atoms with E-state index in [2.05, 4.69) is 26.1 Å². The van der Waals surface area contributed by atoms with E-state index in [-0.39, 0.29) is 29.7 Å². The fourth-order valence-electron chi connectivity index (χ4n) is 2.84. The summed E-state index contributed by atoms with van der Waals surface area (Å²) < 4.78 is 0. The van der Waals surface area contributed by atoms with Crippen LogP contribution in [0.5, 0.6) is 0 Å². The first kappa shape index (κ1) is 20.7. The van der Waals surface area contributed by atoms with Crippen molar-refractivity contribution in [2.45, 2.75) is 59.0 Å². The van der Waals surface area contributed by atoms with Gasteiger partial charge in [0, 0.05) is 18.3 Å². The third kappa shape index (κ3) is 6.24. The highest BCUT2D eigenvalue weighted by atomic mass is 16.2. The predicted molar refractivity (Wildman–Crippen MR) is 111 cm³/mol. The molecule has 0 spiro atoms. The minimum atomic E-state index is -0.290. The summed E-state index contributed by atoms with van der Waals surface area (Å²) in [6.07, 6.45) is -0.161. The van der Waals surface area contributed by atoms with E-state index < -0.39 is 0 Å². The van der Waals surface area contributed by atoms with Crippen LogP contribution in [-0.2, 0) is 21.5 Å². The van der Waals surface area contributed by atoms with E-state index in [1.807, 2.05) is 68.4 Å². The lowest BCUT2D eigenvalue weighted by Gasteiger charge is -2.27. The van der Waals surface area contributed by atoms with Crippen LogP contribution in [0.1, 0.15) is 52.2 Å². The number of nitrogens with one attached hydrogen (secondary N) is 1. The maximum absolute atomic E-state index is 12.6. The minimum Gasteiger partial charge on any atom is -0.336 e. The fourth-order valence-corrected chi connectivity index (χ4v) is 2.84. The lowest BCUT2D eigenvalue weighted by atomic mass is 9.87. The Kier molecular flexibility index (Phi) is 6.78. The van der Waals surface area contributed by atoms with Crippen LogP contribution in [0.15, 0.2) is 54.6 Å². The molecule has 0 unspecified atom stereocenters. The highest BCUT2D eigenvalue weighted by molar-refractivity contribution is 6.03. The molecule has 0 saturated heterocycles. The molecule has 0 heterocycles. The Morgan fingerprint density at radius 2 is 1.56 bits per heavy atom. The van der Waals surface area contributed by atoms with Crippen molar-refractivity contribution in [3.8, 4) is 0 Å². The fraction of sp³-hybridized carbons (Fsp3) is 0.391. The third-order valence-electron chi connectivity index (χ3n) is 4.49. The van der Waals surface area contributed by atoms with Gasteiger partial charge in [0.15, 0.2) is 0 Å². The second-order valence-corrected chi connectivity index (χ2v) is 8.15. The van der Waals surface area contributed by atoms with E-state index in [4.69, 9.17) is 0 Å². The van der Waals surface area contributed by atoms with Gasteiger partial charge in [0.1, 0.15) is 6.42 Å². The van der Waals surface area contributed by atoms with Crippen molar-refractivity contribution in [3.63, 3.8) is 0 Å². The Bertz CT molecular complexity index is 759. The summed E-state index contributed by atoms with van der Waals surface area (Å²) in [5.74, 6) is -0.458. The van der Waals surface area contributed by atoms with Gasteiger partial charge in [0.05, 0.1) is 0 Å². The molecule has 0 saturated carbocycles. The molecular formula is C23H30N2O2. The average Bonchev–Trinajstić information content (AvgIpc) is 2.59. The summed E-state index contributed by atoms with van der Waals surface area (Å²) in [6.45, 7) is 10.9. The highest BCUT2D eigenvalue weighted by Gasteiger charge is 2.20. The zero-order valence-electron chi connectivity index (χ0n) is 17.0. The maximum Gasteiger partial charge on any atom is 0.233 e. The molecule has 0 fully saturated rings. The summed E-state index contributed by atoms with van der Waals surface area (Å²) in [6, 6.07) is 17.6. The standard InChI is InChI=1S/C23H30N2O2/c1-17(2)25(16-18-9-7-6-8-10-18)22(27)15-21(26)24-20-13-11-19(12-14-20)23(3,4)5/h6-14,17H,15-16H2,1-5H3,(H,24,26). The first-order valence-corrected chi connectivity index (χ1v) is 9.40. The smallest absolute Gasteiger partial charge is 0.233 e. The third-order valence-corrected chi connectivity index (χ3v) is 4.49. The molecule has 0 aliphatic heterocycles. The second kappa shape index (κ2) is 8.85. The van der Waals surface area contributed by atoms with Crippen LogP contribution in [-0.4, -0.2) is 22.8 Å². The number of hydrogen-bond donors (Lipinski definition) is 1. The van der Waals surface area contributed by atoms with Gasteiger partial charge in [-0.05, 0) is 42.5 Å². The van der Waals surface area contributed by atoms with E-state index in [0.717, 1.165) is 5.56 Å². The Labute approximate surface area is 162 Å². The molecule has 2 rings (SSSR count). The predicted octanol–water partition coefficient (Wildman–Crippen LogP) is 4.75. The molecule has 0 radical (unpaired) electrons. The molecule has 4 heteroatoms. The van der Waals surface area contributed by atoms with E-state index in [1.165, 1.54) is 5.56 Å². The van der Waals surface area contributed by atoms with Crippen LogP contribution >= 0.6 is 0 Å². The Morgan fingerprint density at radius 3 is 2.07 bits per heavy atom. The van der Waals surface area contributed by atoms with Gasteiger partial charge in [-0.2, -0.15) is 0 Å². The molecular weight excluding hydrogens is 336 g/mol. The van der Waals surface area contributed by atoms with Gasteiger partial charge in [-0.1, -0.05) is 63.2 Å². The van der Waals surface area contributed by atoms with Crippen LogP contribution in [0.25, 0.3) is 0 Å². The van der Waals surface area contributed by atoms with Crippen molar-refractivity contribution in [2.24, 2.45) is 0 Å². The molecule has 144 valence electrons. The molecule has 2 aromatic carbocycles. The van der Waals surface area contributed by atoms with E-state index in [0.29, 0.717) is 12.2 Å². The first-order chi connectivity index (χ1) is 12.7. The van der Waals surface area contributed by atoms with Crippen molar-refractivity contribution in [3.05, 3.63) is 65.7 Å². The molecule has 0 bridgehead atoms. The molecule has 0 aromatic heterocycles. The van der Waals surface area contributed by atoms with Gasteiger partial charge in [-0.25, -0.2) is 0 Å². The van der Waals surface area contributed by atoms with Crippen molar-refractivity contribution in [2.75, 3.05) is 5.32 Å². The quantitative estimate of drug-likeness (QED) is 0.750. The minimum absolute atomic E-state index is 0.0246. The maximum atomic E-state index is 12.6. The topological polar surface area (TPSA) is 49.4 Å². The van der Waals surface area contributed by atoms with Gasteiger partial charge in [-0.15, -0.1) is 0 Å². The molecule has 0 aliphatic rings. The molecule has 4 nitrogen and oxygen atoms in total. The number of anilines is 1. The van der Waals surface area contributed by atoms with Gasteiger partial charge in [-0.3, -0.25) is 9.59 Å². The van der Waals surface area contributed by atoms with E-state index in [9.17, 15) is 9.59 Å². The first-order valence-electron chi connectivity index (χ1n) is 9.40. The molecule has 2 aromatic rings. The lowest BCUT2D eigenvalue weighted by Crippen LogP contribution is -2.38. The monoisotopic (exact) mass is 366 g/mol. The average molecular weight is 367 g/mol. The molecule has 27 heavy (non-hydrogen) atoms. The van der Waals surface area contributed by atoms with Crippen molar-refractivity contribution in [1.29, 1.82) is 0 Å². The zero-order chi connectivity index (χ0) is 20.0. The summed E-state index contributed by atoms with van der Waals surface area (Å²) in [4.78, 5) is 26.7. The summed E-state index contributed by atoms with van der Waals surface area (Å²) in [5.41, 5.74) is 3.02. The Balaban J connectivity index is 1.97. The van der Waals surface area contributed by atoms with Gasteiger partial charge < -0.3 is 10.2 Å². The van der Waals surface area contributed by atoms with Crippen LogP contribution < -0.4 is 5.32 Å². The molecule has 0 aliphatic carbocycles. The van der Waals surface area contributed by atoms with Crippen LogP contribution in [0.4, 0.5) is 5.69 Å². The van der Waals surface area contributed by atoms with E-state index in [1.54, 1.807) is 4.90 Å². The highest BCUT2D eigenvalue weighted by Crippen LogP contribution is 2.23. The lowest BCUT2D eigenvalue weighted by molar-refractivity contribution is -0.136. The second-order valence-electron chi connectivity index (χ2n) is 8.15. The molecule has 0 atom stereocenters. The van der Waals surface area contributed by atoms with Gasteiger partial charge >= 0.3 is 0 Å². The number of benzene rings is 2. The summed E-state index contributed by atoms with van der Waals surface area (Å²) in [5, 5.41) is 2.82. The summed E-state index contributed by atoms with van der Waals surface area (Å²) >= 11 is 0. The Hall–Kier alpha value is -2.62. The van der Waals surface area contributed by atoms with Gasteiger partial charge in [0.2, 0.25) is 11.8 Å². The number of carbonyl (C=O) groups excluding carboxylic acids is 2. The number of amides is 2. The van der Waals surface area contributed by atoms with E-state index >= 15 is 0 Å². The number of hydrogen-bond acceptors (Lipinski definition) is 2. The van der Waals surface area contributed by atoms with Crippen molar-refractivity contribution < 1.29 is 9.59 Å². The molecule has 2 amide bonds. The zero-order valence-corrected chi connectivity index (χ0v) is 17.0. The SMILES string of the molecule is CC(C)N(Cc1ccccc1)C(=O)CC(=O)Nc1ccc(C(C)(C)C)cc1. The number of nitrogens with zero attached hydrogens (tertiary/aromatic N) is 1. The Morgan fingerprint density at radius 1 is 0.963 bits per heavy atom. The van der Waals surface area contributed by atoms with Gasteiger partial charge in [0.25, 0.3) is 0 Å². The van der Waals surface area contributed by atoms with Crippen LogP contribution in [0.3, 0.4) is 0 Å². The molecule has 1 N–H and O–H groups in total. The van der Waals surface area contributed by atoms with Crippen LogP contribution in [0, 0.1) is 0 Å². The number of rotatable bonds is 6. The normalized spacial score (nSPS) is 11.3. The van der Waals surface area contributed by atoms with Crippen molar-refractivity contribution >= 4 is 17.5 Å². The van der Waals surface area contributed by atoms with Crippen molar-refractivity contribution in [1.82, 2.24) is 4.90 Å². The largest absolute Gasteiger partial charge is 0.336 e.